The van der Waals surface area contributed by atoms with Crippen LogP contribution in [0.5, 0.6) is 5.75 Å². The second kappa shape index (κ2) is 7.41. The van der Waals surface area contributed by atoms with Gasteiger partial charge >= 0.3 is 5.97 Å². The third kappa shape index (κ3) is 4.99. The molecule has 1 amide bonds. The Morgan fingerprint density at radius 3 is 2.68 bits per heavy atom. The summed E-state index contributed by atoms with van der Waals surface area (Å²) < 4.78 is 5.31. The van der Waals surface area contributed by atoms with E-state index in [1.165, 1.54) is 0 Å². The lowest BCUT2D eigenvalue weighted by molar-refractivity contribution is -0.136. The Kier molecular flexibility index (Phi) is 5.85. The van der Waals surface area contributed by atoms with E-state index in [1.807, 2.05) is 25.1 Å². The highest BCUT2D eigenvalue weighted by atomic mass is 16.5. The van der Waals surface area contributed by atoms with Gasteiger partial charge in [-0.2, -0.15) is 0 Å². The second-order valence-corrected chi connectivity index (χ2v) is 4.26. The van der Waals surface area contributed by atoms with Gasteiger partial charge in [0, 0.05) is 13.0 Å². The van der Waals surface area contributed by atoms with Crippen LogP contribution in [0.1, 0.15) is 24.0 Å². The first kappa shape index (κ1) is 15.0. The van der Waals surface area contributed by atoms with Crippen LogP contribution in [0.4, 0.5) is 0 Å². The number of hydrogen-bond donors (Lipinski definition) is 2. The fourth-order valence-corrected chi connectivity index (χ4v) is 1.85. The monoisotopic (exact) mass is 265 g/mol. The summed E-state index contributed by atoms with van der Waals surface area (Å²) >= 11 is 0. The molecule has 5 nitrogen and oxygen atoms in total. The van der Waals surface area contributed by atoms with Gasteiger partial charge in [-0.15, -0.1) is 0 Å². The van der Waals surface area contributed by atoms with Gasteiger partial charge in [0.25, 0.3) is 0 Å². The maximum absolute atomic E-state index is 11.5. The van der Waals surface area contributed by atoms with E-state index in [0.717, 1.165) is 16.9 Å². The molecule has 0 aromatic heterocycles. The number of para-hydroxylation sites is 1. The van der Waals surface area contributed by atoms with Gasteiger partial charge in [0.2, 0.25) is 5.91 Å². The Balaban J connectivity index is 2.46. The number of carbonyl (C=O) groups is 2. The Morgan fingerprint density at radius 2 is 2.05 bits per heavy atom. The first-order valence-electron chi connectivity index (χ1n) is 6.15. The third-order valence-corrected chi connectivity index (χ3v) is 2.78. The van der Waals surface area contributed by atoms with Gasteiger partial charge in [-0.25, -0.2) is 0 Å². The van der Waals surface area contributed by atoms with E-state index >= 15 is 0 Å². The van der Waals surface area contributed by atoms with Crippen LogP contribution < -0.4 is 10.1 Å². The van der Waals surface area contributed by atoms with Crippen LogP contribution >= 0.6 is 0 Å². The molecule has 0 heterocycles. The standard InChI is InChI=1S/C14H19NO4/c1-10-4-3-5-11(14(10)19-2)6-7-12(16)15-9-8-13(17)18/h3-5H,6-9H2,1-2H3,(H,15,16)(H,17,18). The molecule has 0 spiro atoms. The highest BCUT2D eigenvalue weighted by molar-refractivity contribution is 5.77. The number of methoxy groups -OCH3 is 1. The maximum Gasteiger partial charge on any atom is 0.305 e. The molecule has 0 radical (unpaired) electrons. The first-order valence-corrected chi connectivity index (χ1v) is 6.15. The number of carboxylic acid groups (broad SMARTS) is 1. The van der Waals surface area contributed by atoms with Crippen molar-refractivity contribution in [3.8, 4) is 5.75 Å². The van der Waals surface area contributed by atoms with Crippen LogP contribution in [0.15, 0.2) is 18.2 Å². The number of aliphatic carboxylic acids is 1. The summed E-state index contributed by atoms with van der Waals surface area (Å²) in [4.78, 5) is 21.9. The molecule has 0 aliphatic rings. The minimum atomic E-state index is -0.916. The van der Waals surface area contributed by atoms with Crippen molar-refractivity contribution in [1.82, 2.24) is 5.32 Å². The molecule has 0 fully saturated rings. The molecule has 0 aliphatic heterocycles. The zero-order valence-corrected chi connectivity index (χ0v) is 11.2. The molecular weight excluding hydrogens is 246 g/mol. The molecule has 5 heteroatoms. The number of nitrogens with one attached hydrogen (secondary N) is 1. The molecule has 19 heavy (non-hydrogen) atoms. The van der Waals surface area contributed by atoms with E-state index in [9.17, 15) is 9.59 Å². The van der Waals surface area contributed by atoms with Gasteiger partial charge in [-0.05, 0) is 24.5 Å². The number of carboxylic acids is 1. The minimum Gasteiger partial charge on any atom is -0.496 e. The third-order valence-electron chi connectivity index (χ3n) is 2.78. The zero-order valence-electron chi connectivity index (χ0n) is 11.2. The molecule has 1 rings (SSSR count). The predicted molar refractivity (Wildman–Crippen MR) is 71.3 cm³/mol. The van der Waals surface area contributed by atoms with Crippen LogP contribution in [-0.4, -0.2) is 30.6 Å². The van der Waals surface area contributed by atoms with Gasteiger partial charge in [0.1, 0.15) is 5.75 Å². The normalized spacial score (nSPS) is 10.0. The van der Waals surface area contributed by atoms with Crippen LogP contribution in [-0.2, 0) is 16.0 Å². The van der Waals surface area contributed by atoms with Gasteiger partial charge < -0.3 is 15.2 Å². The van der Waals surface area contributed by atoms with E-state index in [0.29, 0.717) is 12.8 Å². The van der Waals surface area contributed by atoms with Crippen molar-refractivity contribution in [2.45, 2.75) is 26.2 Å². The average Bonchev–Trinajstić information content (AvgIpc) is 2.36. The number of hydrogen-bond acceptors (Lipinski definition) is 3. The topological polar surface area (TPSA) is 75.6 Å². The molecule has 0 saturated heterocycles. The summed E-state index contributed by atoms with van der Waals surface area (Å²) in [5.74, 6) is -0.258. The summed E-state index contributed by atoms with van der Waals surface area (Å²) in [6, 6.07) is 5.81. The molecule has 104 valence electrons. The molecule has 0 saturated carbocycles. The second-order valence-electron chi connectivity index (χ2n) is 4.26. The van der Waals surface area contributed by atoms with E-state index in [1.54, 1.807) is 7.11 Å². The molecule has 0 bridgehead atoms. The van der Waals surface area contributed by atoms with Crippen molar-refractivity contribution in [3.05, 3.63) is 29.3 Å². The first-order chi connectivity index (χ1) is 9.04. The Labute approximate surface area is 112 Å². The molecule has 0 aliphatic carbocycles. The van der Waals surface area contributed by atoms with Crippen molar-refractivity contribution >= 4 is 11.9 Å². The van der Waals surface area contributed by atoms with Crippen LogP contribution in [0.3, 0.4) is 0 Å². The largest absolute Gasteiger partial charge is 0.496 e. The van der Waals surface area contributed by atoms with E-state index < -0.39 is 5.97 Å². The summed E-state index contributed by atoms with van der Waals surface area (Å²) in [5, 5.41) is 11.0. The molecule has 1 aromatic rings. The molecule has 0 atom stereocenters. The van der Waals surface area contributed by atoms with Crippen LogP contribution in [0.2, 0.25) is 0 Å². The van der Waals surface area contributed by atoms with Gasteiger partial charge in [-0.3, -0.25) is 9.59 Å². The Morgan fingerprint density at radius 1 is 1.32 bits per heavy atom. The van der Waals surface area contributed by atoms with Crippen molar-refractivity contribution in [1.29, 1.82) is 0 Å². The lowest BCUT2D eigenvalue weighted by Gasteiger charge is -2.11. The summed E-state index contributed by atoms with van der Waals surface area (Å²) in [7, 11) is 1.61. The van der Waals surface area contributed by atoms with Crippen LogP contribution in [0.25, 0.3) is 0 Å². The highest BCUT2D eigenvalue weighted by Gasteiger charge is 2.08. The van der Waals surface area contributed by atoms with Crippen molar-refractivity contribution < 1.29 is 19.4 Å². The Hall–Kier alpha value is -2.04. The Bertz CT molecular complexity index is 457. The number of carbonyl (C=O) groups excluding carboxylic acids is 1. The smallest absolute Gasteiger partial charge is 0.305 e. The van der Waals surface area contributed by atoms with Gasteiger partial charge in [-0.1, -0.05) is 18.2 Å². The number of benzene rings is 1. The SMILES string of the molecule is COc1c(C)cccc1CCC(=O)NCCC(=O)O. The van der Waals surface area contributed by atoms with Gasteiger partial charge in [0.05, 0.1) is 13.5 Å². The highest BCUT2D eigenvalue weighted by Crippen LogP contribution is 2.23. The minimum absolute atomic E-state index is 0.0560. The maximum atomic E-state index is 11.5. The number of rotatable bonds is 7. The van der Waals surface area contributed by atoms with Gasteiger partial charge in [0.15, 0.2) is 0 Å². The summed E-state index contributed by atoms with van der Waals surface area (Å²) in [6.07, 6.45) is 0.836. The predicted octanol–water partition coefficient (Wildman–Crippen LogP) is 1.53. The van der Waals surface area contributed by atoms with E-state index in [4.69, 9.17) is 9.84 Å². The average molecular weight is 265 g/mol. The molecule has 2 N–H and O–H groups in total. The van der Waals surface area contributed by atoms with E-state index in [-0.39, 0.29) is 18.9 Å². The van der Waals surface area contributed by atoms with Crippen LogP contribution in [0, 0.1) is 6.92 Å². The molecule has 0 unspecified atom stereocenters. The van der Waals surface area contributed by atoms with E-state index in [2.05, 4.69) is 5.32 Å². The number of amides is 1. The molecular formula is C14H19NO4. The fraction of sp³-hybridized carbons (Fsp3) is 0.429. The lowest BCUT2D eigenvalue weighted by atomic mass is 10.0. The number of ether oxygens (including phenoxy) is 1. The van der Waals surface area contributed by atoms with Crippen molar-refractivity contribution in [2.24, 2.45) is 0 Å². The summed E-state index contributed by atoms with van der Waals surface area (Å²) in [5.41, 5.74) is 2.02. The van der Waals surface area contributed by atoms with Crippen molar-refractivity contribution in [3.63, 3.8) is 0 Å². The summed E-state index contributed by atoms with van der Waals surface area (Å²) in [6.45, 7) is 2.12. The number of aryl methyl sites for hydroxylation is 2. The van der Waals surface area contributed by atoms with Crippen molar-refractivity contribution in [2.75, 3.05) is 13.7 Å². The lowest BCUT2D eigenvalue weighted by Crippen LogP contribution is -2.26. The fourth-order valence-electron chi connectivity index (χ4n) is 1.85. The molecule has 1 aromatic carbocycles. The quantitative estimate of drug-likeness (QED) is 0.784. The zero-order chi connectivity index (χ0) is 14.3.